The van der Waals surface area contributed by atoms with Crippen LogP contribution in [0.3, 0.4) is 0 Å². The summed E-state index contributed by atoms with van der Waals surface area (Å²) in [5.74, 6) is 0.194. The summed E-state index contributed by atoms with van der Waals surface area (Å²) in [6.07, 6.45) is -1.61. The molecule has 178 valence electrons. The Morgan fingerprint density at radius 1 is 0.914 bits per heavy atom. The van der Waals surface area contributed by atoms with Crippen molar-refractivity contribution in [2.45, 2.75) is 6.18 Å². The molecule has 1 saturated heterocycles. The predicted octanol–water partition coefficient (Wildman–Crippen LogP) is 3.97. The Morgan fingerprint density at radius 3 is 2.46 bits per heavy atom. The lowest BCUT2D eigenvalue weighted by molar-refractivity contribution is -0.137. The first-order valence-corrected chi connectivity index (χ1v) is 11.0. The van der Waals surface area contributed by atoms with Crippen LogP contribution in [0.2, 0.25) is 0 Å². The number of piperazine rings is 1. The molecule has 5 rings (SSSR count). The molecular weight excluding hydrogens is 459 g/mol. The van der Waals surface area contributed by atoms with Crippen molar-refractivity contribution in [2.24, 2.45) is 0 Å². The van der Waals surface area contributed by atoms with Gasteiger partial charge in [0, 0.05) is 44.1 Å². The van der Waals surface area contributed by atoms with Crippen LogP contribution in [0.5, 0.6) is 0 Å². The van der Waals surface area contributed by atoms with Crippen LogP contribution >= 0.6 is 0 Å². The number of aromatic amines is 1. The van der Waals surface area contributed by atoms with Crippen LogP contribution < -0.4 is 10.5 Å². The number of hydrogen-bond acceptors (Lipinski definition) is 5. The number of carbonyl (C=O) groups is 1. The third-order valence-electron chi connectivity index (χ3n) is 5.98. The Labute approximate surface area is 197 Å². The van der Waals surface area contributed by atoms with Gasteiger partial charge in [-0.1, -0.05) is 24.3 Å². The molecule has 7 nitrogen and oxygen atoms in total. The molecule has 1 N–H and O–H groups in total. The molecule has 3 heterocycles. The largest absolute Gasteiger partial charge is 0.416 e. The van der Waals surface area contributed by atoms with Crippen LogP contribution in [-0.4, -0.2) is 51.9 Å². The van der Waals surface area contributed by atoms with Gasteiger partial charge in [-0.2, -0.15) is 13.2 Å². The Balaban J connectivity index is 1.31. The minimum absolute atomic E-state index is 0.221. The number of para-hydroxylation sites is 1. The number of benzene rings is 2. The lowest BCUT2D eigenvalue weighted by Crippen LogP contribution is -2.49. The first kappa shape index (κ1) is 22.6. The maximum atomic E-state index is 13.1. The van der Waals surface area contributed by atoms with Crippen molar-refractivity contribution in [3.05, 3.63) is 88.5 Å². The predicted molar refractivity (Wildman–Crippen MR) is 125 cm³/mol. The van der Waals surface area contributed by atoms with Crippen LogP contribution in [-0.2, 0) is 6.18 Å². The number of aromatic nitrogens is 3. The molecule has 0 saturated carbocycles. The molecule has 0 radical (unpaired) electrons. The Hall–Kier alpha value is -4.21. The number of halogens is 3. The fourth-order valence-corrected chi connectivity index (χ4v) is 4.12. The molecule has 10 heteroatoms. The van der Waals surface area contributed by atoms with Crippen LogP contribution in [0, 0.1) is 0 Å². The highest BCUT2D eigenvalue weighted by atomic mass is 19.4. The molecule has 2 aromatic heterocycles. The molecule has 1 aliphatic rings. The normalized spacial score (nSPS) is 14.4. The summed E-state index contributed by atoms with van der Waals surface area (Å²) in [5, 5.41) is 0.512. The number of nitrogens with one attached hydrogen (secondary N) is 1. The monoisotopic (exact) mass is 479 g/mol. The Bertz CT molecular complexity index is 1460. The van der Waals surface area contributed by atoms with Gasteiger partial charge in [-0.25, -0.2) is 4.98 Å². The first-order chi connectivity index (χ1) is 16.8. The lowest BCUT2D eigenvalue weighted by Gasteiger charge is -2.35. The molecule has 0 unspecified atom stereocenters. The van der Waals surface area contributed by atoms with Gasteiger partial charge in [-0.3, -0.25) is 19.6 Å². The molecule has 0 atom stereocenters. The van der Waals surface area contributed by atoms with E-state index in [9.17, 15) is 22.8 Å². The Kier molecular flexibility index (Phi) is 5.72. The van der Waals surface area contributed by atoms with Gasteiger partial charge in [-0.05, 0) is 35.9 Å². The average Bonchev–Trinajstić information content (AvgIpc) is 2.88. The number of hydrogen-bond donors (Lipinski definition) is 1. The van der Waals surface area contributed by atoms with E-state index in [1.807, 2.05) is 11.0 Å². The molecule has 0 bridgehead atoms. The molecule has 35 heavy (non-hydrogen) atoms. The quantitative estimate of drug-likeness (QED) is 0.481. The SMILES string of the molecule is O=C(c1cncc(-c2cccc(C(F)(F)F)c2)c1)N1CCN(c2nc3ccccc3c(=O)[nH]2)CC1. The van der Waals surface area contributed by atoms with Gasteiger partial charge in [-0.15, -0.1) is 0 Å². The van der Waals surface area contributed by atoms with E-state index in [-0.39, 0.29) is 11.5 Å². The number of carbonyl (C=O) groups excluding carboxylic acids is 1. The van der Waals surface area contributed by atoms with E-state index in [1.54, 1.807) is 35.2 Å². The number of fused-ring (bicyclic) bond motifs is 1. The van der Waals surface area contributed by atoms with Gasteiger partial charge in [0.2, 0.25) is 5.95 Å². The van der Waals surface area contributed by atoms with Crippen molar-refractivity contribution >= 4 is 22.8 Å². The van der Waals surface area contributed by atoms with E-state index in [0.29, 0.717) is 59.7 Å². The van der Waals surface area contributed by atoms with Gasteiger partial charge < -0.3 is 9.80 Å². The van der Waals surface area contributed by atoms with E-state index < -0.39 is 11.7 Å². The van der Waals surface area contributed by atoms with E-state index in [0.717, 1.165) is 12.1 Å². The fraction of sp³-hybridized carbons (Fsp3) is 0.200. The molecular formula is C25H20F3N5O2. The zero-order valence-corrected chi connectivity index (χ0v) is 18.4. The van der Waals surface area contributed by atoms with Crippen LogP contribution in [0.1, 0.15) is 15.9 Å². The van der Waals surface area contributed by atoms with Gasteiger partial charge in [0.25, 0.3) is 11.5 Å². The standard InChI is InChI=1S/C25H20F3N5O2/c26-25(27,28)19-5-3-4-16(13-19)17-12-18(15-29-14-17)23(35)32-8-10-33(11-9-32)24-30-21-7-2-1-6-20(21)22(34)31-24/h1-7,12-15H,8-11H2,(H,30,31,34). The number of alkyl halides is 3. The number of rotatable bonds is 3. The van der Waals surface area contributed by atoms with Crippen LogP contribution in [0.4, 0.5) is 19.1 Å². The summed E-state index contributed by atoms with van der Waals surface area (Å²) < 4.78 is 39.2. The molecule has 4 aromatic rings. The maximum Gasteiger partial charge on any atom is 0.416 e. The zero-order chi connectivity index (χ0) is 24.6. The summed E-state index contributed by atoms with van der Waals surface area (Å²) in [6.45, 7) is 1.72. The summed E-state index contributed by atoms with van der Waals surface area (Å²) in [4.78, 5) is 40.4. The van der Waals surface area contributed by atoms with Crippen molar-refractivity contribution in [2.75, 3.05) is 31.1 Å². The molecule has 1 fully saturated rings. The highest BCUT2D eigenvalue weighted by molar-refractivity contribution is 5.95. The number of nitrogens with zero attached hydrogens (tertiary/aromatic N) is 4. The first-order valence-electron chi connectivity index (χ1n) is 11.0. The van der Waals surface area contributed by atoms with Crippen molar-refractivity contribution in [3.63, 3.8) is 0 Å². The minimum Gasteiger partial charge on any atom is -0.339 e. The highest BCUT2D eigenvalue weighted by Gasteiger charge is 2.30. The number of H-pyrrole nitrogens is 1. The number of anilines is 1. The zero-order valence-electron chi connectivity index (χ0n) is 18.4. The van der Waals surface area contributed by atoms with Crippen LogP contribution in [0.25, 0.3) is 22.0 Å². The van der Waals surface area contributed by atoms with E-state index >= 15 is 0 Å². The fourth-order valence-electron chi connectivity index (χ4n) is 4.12. The second kappa shape index (κ2) is 8.86. The van der Waals surface area contributed by atoms with E-state index in [2.05, 4.69) is 15.0 Å². The Morgan fingerprint density at radius 2 is 1.69 bits per heavy atom. The molecule has 0 spiro atoms. The summed E-state index contributed by atoms with van der Waals surface area (Å²) in [6, 6.07) is 13.6. The minimum atomic E-state index is -4.46. The second-order valence-electron chi connectivity index (χ2n) is 8.23. The molecule has 1 amide bonds. The number of amides is 1. The summed E-state index contributed by atoms with van der Waals surface area (Å²) in [7, 11) is 0. The number of pyridine rings is 1. The van der Waals surface area contributed by atoms with Crippen molar-refractivity contribution in [1.29, 1.82) is 0 Å². The summed E-state index contributed by atoms with van der Waals surface area (Å²) >= 11 is 0. The van der Waals surface area contributed by atoms with E-state index in [4.69, 9.17) is 0 Å². The highest BCUT2D eigenvalue weighted by Crippen LogP contribution is 2.32. The van der Waals surface area contributed by atoms with Crippen LogP contribution in [0.15, 0.2) is 71.8 Å². The van der Waals surface area contributed by atoms with Gasteiger partial charge >= 0.3 is 6.18 Å². The second-order valence-corrected chi connectivity index (χ2v) is 8.23. The summed E-state index contributed by atoms with van der Waals surface area (Å²) in [5.41, 5.74) is 0.675. The van der Waals surface area contributed by atoms with Gasteiger partial charge in [0.05, 0.1) is 22.0 Å². The van der Waals surface area contributed by atoms with Crippen molar-refractivity contribution < 1.29 is 18.0 Å². The molecule has 0 aliphatic carbocycles. The maximum absolute atomic E-state index is 13.1. The molecule has 2 aromatic carbocycles. The van der Waals surface area contributed by atoms with Gasteiger partial charge in [0.1, 0.15) is 0 Å². The lowest BCUT2D eigenvalue weighted by atomic mass is 10.0. The van der Waals surface area contributed by atoms with E-state index in [1.165, 1.54) is 18.5 Å². The van der Waals surface area contributed by atoms with Crippen molar-refractivity contribution in [1.82, 2.24) is 19.9 Å². The average molecular weight is 479 g/mol. The smallest absolute Gasteiger partial charge is 0.339 e. The topological polar surface area (TPSA) is 82.2 Å². The van der Waals surface area contributed by atoms with Crippen molar-refractivity contribution in [3.8, 4) is 11.1 Å². The molecule has 1 aliphatic heterocycles. The third kappa shape index (κ3) is 4.59. The third-order valence-corrected chi connectivity index (χ3v) is 5.98. The van der Waals surface area contributed by atoms with Gasteiger partial charge in [0.15, 0.2) is 0 Å².